The number of hydrogen-bond acceptors (Lipinski definition) is 3. The highest BCUT2D eigenvalue weighted by atomic mass is 79.9. The van der Waals surface area contributed by atoms with Crippen molar-refractivity contribution in [2.24, 2.45) is 0 Å². The molecule has 19 heavy (non-hydrogen) atoms. The maximum Gasteiger partial charge on any atom is 0.276 e. The number of amides is 1. The molecule has 2 rings (SSSR count). The van der Waals surface area contributed by atoms with E-state index in [4.69, 9.17) is 4.74 Å². The lowest BCUT2D eigenvalue weighted by molar-refractivity contribution is 0.0988. The van der Waals surface area contributed by atoms with Gasteiger partial charge in [0.15, 0.2) is 0 Å². The maximum atomic E-state index is 12.3. The van der Waals surface area contributed by atoms with Gasteiger partial charge in [0.1, 0.15) is 11.4 Å². The van der Waals surface area contributed by atoms with Crippen LogP contribution in [0, 0.1) is 0 Å². The largest absolute Gasteiger partial charge is 0.497 e. The van der Waals surface area contributed by atoms with E-state index in [1.54, 1.807) is 43.5 Å². The van der Waals surface area contributed by atoms with Crippen LogP contribution in [0.15, 0.2) is 47.1 Å². The zero-order valence-corrected chi connectivity index (χ0v) is 12.2. The van der Waals surface area contributed by atoms with Gasteiger partial charge in [-0.15, -0.1) is 0 Å². The van der Waals surface area contributed by atoms with Crippen LogP contribution in [-0.2, 0) is 0 Å². The van der Waals surface area contributed by atoms with Crippen molar-refractivity contribution in [1.29, 1.82) is 0 Å². The first-order valence-corrected chi connectivity index (χ1v) is 6.45. The van der Waals surface area contributed by atoms with E-state index in [9.17, 15) is 4.79 Å². The first-order chi connectivity index (χ1) is 9.11. The summed E-state index contributed by atoms with van der Waals surface area (Å²) in [6, 6.07) is 10.8. The molecule has 0 unspecified atom stereocenters. The fraction of sp³-hybridized carbons (Fsp3) is 0.143. The van der Waals surface area contributed by atoms with Crippen molar-refractivity contribution in [2.75, 3.05) is 19.1 Å². The minimum absolute atomic E-state index is 0.166. The molecule has 0 spiro atoms. The average molecular weight is 321 g/mol. The summed E-state index contributed by atoms with van der Waals surface area (Å²) in [6.45, 7) is 0. The van der Waals surface area contributed by atoms with Crippen LogP contribution in [0.25, 0.3) is 0 Å². The molecule has 1 aromatic heterocycles. The molecule has 2 aromatic rings. The first kappa shape index (κ1) is 13.5. The van der Waals surface area contributed by atoms with Gasteiger partial charge in [-0.05, 0) is 40.2 Å². The number of rotatable bonds is 3. The highest BCUT2D eigenvalue weighted by molar-refractivity contribution is 9.10. The third-order valence-electron chi connectivity index (χ3n) is 2.69. The van der Waals surface area contributed by atoms with E-state index in [1.807, 2.05) is 18.2 Å². The van der Waals surface area contributed by atoms with Crippen LogP contribution in [-0.4, -0.2) is 25.0 Å². The number of aromatic nitrogens is 1. The number of anilines is 1. The monoisotopic (exact) mass is 320 g/mol. The van der Waals surface area contributed by atoms with Gasteiger partial charge in [-0.25, -0.2) is 4.98 Å². The maximum absolute atomic E-state index is 12.3. The Balaban J connectivity index is 2.25. The second-order valence-electron chi connectivity index (χ2n) is 3.93. The Labute approximate surface area is 120 Å². The molecule has 0 bridgehead atoms. The third kappa shape index (κ3) is 3.12. The molecule has 1 heterocycles. The summed E-state index contributed by atoms with van der Waals surface area (Å²) in [4.78, 5) is 17.9. The molecule has 0 saturated heterocycles. The van der Waals surface area contributed by atoms with Crippen molar-refractivity contribution >= 4 is 27.5 Å². The molecule has 1 aromatic carbocycles. The fourth-order valence-electron chi connectivity index (χ4n) is 1.61. The van der Waals surface area contributed by atoms with Gasteiger partial charge in [-0.3, -0.25) is 4.79 Å². The summed E-state index contributed by atoms with van der Waals surface area (Å²) in [6.07, 6.45) is 1.60. The lowest BCUT2D eigenvalue weighted by Gasteiger charge is -2.17. The van der Waals surface area contributed by atoms with Gasteiger partial charge in [0.25, 0.3) is 5.91 Å². The van der Waals surface area contributed by atoms with Gasteiger partial charge >= 0.3 is 0 Å². The number of benzene rings is 1. The Bertz CT molecular complexity index is 584. The summed E-state index contributed by atoms with van der Waals surface area (Å²) < 4.78 is 5.99. The van der Waals surface area contributed by atoms with E-state index in [0.717, 1.165) is 10.2 Å². The van der Waals surface area contributed by atoms with Gasteiger partial charge in [-0.1, -0.05) is 6.07 Å². The molecule has 0 aliphatic heterocycles. The van der Waals surface area contributed by atoms with Crippen molar-refractivity contribution in [3.8, 4) is 5.75 Å². The van der Waals surface area contributed by atoms with E-state index >= 15 is 0 Å². The number of hydrogen-bond donors (Lipinski definition) is 0. The Kier molecular flexibility index (Phi) is 4.16. The topological polar surface area (TPSA) is 42.4 Å². The van der Waals surface area contributed by atoms with Crippen LogP contribution >= 0.6 is 15.9 Å². The standard InChI is InChI=1S/C14H13BrN2O2/c1-17(11-4-3-5-12(8-11)19-2)14(18)13-7-6-10(15)9-16-13/h3-9H,1-2H3. The first-order valence-electron chi connectivity index (χ1n) is 5.65. The lowest BCUT2D eigenvalue weighted by atomic mass is 10.2. The third-order valence-corrected chi connectivity index (χ3v) is 3.16. The van der Waals surface area contributed by atoms with Gasteiger partial charge < -0.3 is 9.64 Å². The van der Waals surface area contributed by atoms with Crippen LogP contribution < -0.4 is 9.64 Å². The second-order valence-corrected chi connectivity index (χ2v) is 4.84. The molecule has 0 aliphatic rings. The summed E-state index contributed by atoms with van der Waals surface area (Å²) in [5.41, 5.74) is 1.16. The van der Waals surface area contributed by atoms with Crippen LogP contribution in [0.3, 0.4) is 0 Å². The number of pyridine rings is 1. The Morgan fingerprint density at radius 2 is 2.11 bits per heavy atom. The molecular formula is C14H13BrN2O2. The Morgan fingerprint density at radius 1 is 1.32 bits per heavy atom. The van der Waals surface area contributed by atoms with Crippen molar-refractivity contribution in [2.45, 2.75) is 0 Å². The lowest BCUT2D eigenvalue weighted by Crippen LogP contribution is -2.26. The normalized spacial score (nSPS) is 10.1. The van der Waals surface area contributed by atoms with E-state index in [0.29, 0.717) is 11.4 Å². The fourth-order valence-corrected chi connectivity index (χ4v) is 1.85. The smallest absolute Gasteiger partial charge is 0.276 e. The number of carbonyl (C=O) groups is 1. The highest BCUT2D eigenvalue weighted by Gasteiger charge is 2.15. The molecule has 1 amide bonds. The number of ether oxygens (including phenoxy) is 1. The minimum Gasteiger partial charge on any atom is -0.497 e. The van der Waals surface area contributed by atoms with Gasteiger partial charge in [0.2, 0.25) is 0 Å². The molecule has 98 valence electrons. The number of carbonyl (C=O) groups excluding carboxylic acids is 1. The number of methoxy groups -OCH3 is 1. The van der Waals surface area contributed by atoms with Crippen LogP contribution in [0.1, 0.15) is 10.5 Å². The molecule has 4 nitrogen and oxygen atoms in total. The number of nitrogens with zero attached hydrogens (tertiary/aromatic N) is 2. The minimum atomic E-state index is -0.166. The molecule has 0 N–H and O–H groups in total. The van der Waals surface area contributed by atoms with Gasteiger partial charge in [0, 0.05) is 29.5 Å². The predicted octanol–water partition coefficient (Wildman–Crippen LogP) is 3.13. The zero-order valence-electron chi connectivity index (χ0n) is 10.6. The summed E-state index contributed by atoms with van der Waals surface area (Å²) >= 11 is 3.29. The van der Waals surface area contributed by atoms with E-state index < -0.39 is 0 Å². The van der Waals surface area contributed by atoms with E-state index in [2.05, 4.69) is 20.9 Å². The summed E-state index contributed by atoms with van der Waals surface area (Å²) in [5, 5.41) is 0. The Morgan fingerprint density at radius 3 is 2.74 bits per heavy atom. The quantitative estimate of drug-likeness (QED) is 0.872. The summed E-state index contributed by atoms with van der Waals surface area (Å²) in [5.74, 6) is 0.543. The molecular weight excluding hydrogens is 308 g/mol. The Hall–Kier alpha value is -1.88. The van der Waals surface area contributed by atoms with Crippen LogP contribution in [0.2, 0.25) is 0 Å². The van der Waals surface area contributed by atoms with Gasteiger partial charge in [0.05, 0.1) is 7.11 Å². The SMILES string of the molecule is COc1cccc(N(C)C(=O)c2ccc(Br)cn2)c1. The molecule has 0 saturated carbocycles. The van der Waals surface area contributed by atoms with Crippen LogP contribution in [0.5, 0.6) is 5.75 Å². The van der Waals surface area contributed by atoms with Crippen molar-refractivity contribution in [3.05, 3.63) is 52.8 Å². The zero-order chi connectivity index (χ0) is 13.8. The van der Waals surface area contributed by atoms with E-state index in [1.165, 1.54) is 0 Å². The van der Waals surface area contributed by atoms with Crippen LogP contribution in [0.4, 0.5) is 5.69 Å². The van der Waals surface area contributed by atoms with Gasteiger partial charge in [-0.2, -0.15) is 0 Å². The second kappa shape index (κ2) is 5.84. The van der Waals surface area contributed by atoms with Crippen molar-refractivity contribution < 1.29 is 9.53 Å². The average Bonchev–Trinajstić information content (AvgIpc) is 2.46. The molecule has 0 atom stereocenters. The highest BCUT2D eigenvalue weighted by Crippen LogP contribution is 2.21. The van der Waals surface area contributed by atoms with Crippen molar-refractivity contribution in [3.63, 3.8) is 0 Å². The molecule has 0 aliphatic carbocycles. The molecule has 0 radical (unpaired) electrons. The summed E-state index contributed by atoms with van der Waals surface area (Å²) in [7, 11) is 3.30. The molecule has 5 heteroatoms. The predicted molar refractivity (Wildman–Crippen MR) is 77.7 cm³/mol. The van der Waals surface area contributed by atoms with E-state index in [-0.39, 0.29) is 5.91 Å². The molecule has 0 fully saturated rings. The van der Waals surface area contributed by atoms with Crippen molar-refractivity contribution in [1.82, 2.24) is 4.98 Å². The number of halogens is 1.